The predicted molar refractivity (Wildman–Crippen MR) is 65.2 cm³/mol. The largest absolute Gasteiger partial charge is 0.480 e. The quantitative estimate of drug-likeness (QED) is 0.609. The lowest BCUT2D eigenvalue weighted by Crippen LogP contribution is -2.43. The van der Waals surface area contributed by atoms with Crippen molar-refractivity contribution in [2.45, 2.75) is 23.7 Å². The number of thiol groups is 1. The number of halogens is 2. The van der Waals surface area contributed by atoms with Crippen molar-refractivity contribution >= 4 is 47.7 Å². The third-order valence-electron chi connectivity index (χ3n) is 2.53. The Labute approximate surface area is 109 Å². The topological polar surface area (TPSA) is 57.6 Å². The molecule has 1 fully saturated rings. The standard InChI is InChI=1S/C9H13Cl2NO3S/c1-5(3-16)7(13)12-4-9(10,11)2-6(12)8(14)15/h5-6,16H,2-4H2,1H3,(H,14,15)/t5?,6-/m0/s1. The van der Waals surface area contributed by atoms with Gasteiger partial charge in [-0.15, -0.1) is 0 Å². The Hall–Kier alpha value is -0.130. The molecule has 0 bridgehead atoms. The van der Waals surface area contributed by atoms with Crippen LogP contribution in [0.15, 0.2) is 0 Å². The second kappa shape index (κ2) is 5.02. The number of carbonyl (C=O) groups excluding carboxylic acids is 1. The van der Waals surface area contributed by atoms with Gasteiger partial charge in [0.2, 0.25) is 5.91 Å². The van der Waals surface area contributed by atoms with E-state index in [1.54, 1.807) is 6.92 Å². The summed E-state index contributed by atoms with van der Waals surface area (Å²) in [6.07, 6.45) is 0.0521. The van der Waals surface area contributed by atoms with Crippen molar-refractivity contribution in [3.63, 3.8) is 0 Å². The molecule has 1 aliphatic rings. The molecule has 1 rings (SSSR count). The highest BCUT2D eigenvalue weighted by atomic mass is 35.5. The summed E-state index contributed by atoms with van der Waals surface area (Å²) in [5.74, 6) is -1.33. The number of amides is 1. The Bertz CT molecular complexity index is 311. The van der Waals surface area contributed by atoms with Gasteiger partial charge >= 0.3 is 5.97 Å². The molecule has 16 heavy (non-hydrogen) atoms. The first-order chi connectivity index (χ1) is 7.28. The van der Waals surface area contributed by atoms with Gasteiger partial charge in [-0.2, -0.15) is 12.6 Å². The van der Waals surface area contributed by atoms with Crippen molar-refractivity contribution in [2.75, 3.05) is 12.3 Å². The first-order valence-electron chi connectivity index (χ1n) is 4.80. The minimum atomic E-state index is -1.17. The summed E-state index contributed by atoms with van der Waals surface area (Å²) in [5.41, 5.74) is 0. The van der Waals surface area contributed by atoms with E-state index >= 15 is 0 Å². The second-order valence-corrected chi connectivity index (χ2v) is 5.97. The van der Waals surface area contributed by atoms with Gasteiger partial charge in [0.05, 0.1) is 6.54 Å². The van der Waals surface area contributed by atoms with Gasteiger partial charge in [-0.3, -0.25) is 4.79 Å². The van der Waals surface area contributed by atoms with Gasteiger partial charge in [0.25, 0.3) is 0 Å². The number of carboxylic acid groups (broad SMARTS) is 1. The molecule has 0 saturated carbocycles. The van der Waals surface area contributed by atoms with Crippen LogP contribution in [-0.4, -0.2) is 44.6 Å². The molecule has 0 aromatic heterocycles. The minimum absolute atomic E-state index is 0.0457. The van der Waals surface area contributed by atoms with Crippen LogP contribution in [0.5, 0.6) is 0 Å². The van der Waals surface area contributed by atoms with Gasteiger partial charge < -0.3 is 10.0 Å². The van der Waals surface area contributed by atoms with E-state index in [9.17, 15) is 9.59 Å². The highest BCUT2D eigenvalue weighted by Gasteiger charge is 2.47. The van der Waals surface area contributed by atoms with Crippen molar-refractivity contribution in [3.8, 4) is 0 Å². The number of carboxylic acids is 1. The van der Waals surface area contributed by atoms with Crippen molar-refractivity contribution in [1.29, 1.82) is 0 Å². The van der Waals surface area contributed by atoms with E-state index in [0.717, 1.165) is 0 Å². The van der Waals surface area contributed by atoms with Crippen LogP contribution < -0.4 is 0 Å². The van der Waals surface area contributed by atoms with Gasteiger partial charge in [-0.25, -0.2) is 4.79 Å². The number of aliphatic carboxylic acids is 1. The molecule has 1 unspecified atom stereocenters. The van der Waals surface area contributed by atoms with Crippen LogP contribution in [0.1, 0.15) is 13.3 Å². The fraction of sp³-hybridized carbons (Fsp3) is 0.778. The van der Waals surface area contributed by atoms with E-state index in [1.807, 2.05) is 0 Å². The monoisotopic (exact) mass is 285 g/mol. The van der Waals surface area contributed by atoms with E-state index in [1.165, 1.54) is 4.90 Å². The van der Waals surface area contributed by atoms with Crippen molar-refractivity contribution in [1.82, 2.24) is 4.90 Å². The molecule has 0 spiro atoms. The summed E-state index contributed by atoms with van der Waals surface area (Å²) in [6.45, 7) is 1.74. The van der Waals surface area contributed by atoms with E-state index in [-0.39, 0.29) is 24.8 Å². The number of hydrogen-bond acceptors (Lipinski definition) is 3. The highest BCUT2D eigenvalue weighted by molar-refractivity contribution is 7.80. The van der Waals surface area contributed by atoms with Crippen molar-refractivity contribution in [3.05, 3.63) is 0 Å². The van der Waals surface area contributed by atoms with E-state index < -0.39 is 16.3 Å². The van der Waals surface area contributed by atoms with E-state index in [2.05, 4.69) is 12.6 Å². The molecule has 7 heteroatoms. The molecule has 0 aliphatic carbocycles. The Morgan fingerprint density at radius 3 is 2.62 bits per heavy atom. The molecule has 0 radical (unpaired) electrons. The summed E-state index contributed by atoms with van der Waals surface area (Å²) in [4.78, 5) is 24.1. The molecule has 1 N–H and O–H groups in total. The fourth-order valence-corrected chi connectivity index (χ4v) is 2.34. The van der Waals surface area contributed by atoms with E-state index in [4.69, 9.17) is 28.3 Å². The zero-order chi connectivity index (χ0) is 12.5. The average molecular weight is 286 g/mol. The molecule has 0 aromatic rings. The zero-order valence-electron chi connectivity index (χ0n) is 8.69. The zero-order valence-corrected chi connectivity index (χ0v) is 11.1. The summed E-state index contributed by atoms with van der Waals surface area (Å²) in [6, 6.07) is -0.940. The molecule has 1 amide bonds. The molecule has 1 aliphatic heterocycles. The van der Waals surface area contributed by atoms with Gasteiger partial charge in [0.1, 0.15) is 10.4 Å². The summed E-state index contributed by atoms with van der Waals surface area (Å²) >= 11 is 15.8. The molecule has 0 aromatic carbocycles. The first kappa shape index (κ1) is 13.9. The van der Waals surface area contributed by atoms with Gasteiger partial charge in [-0.1, -0.05) is 30.1 Å². The van der Waals surface area contributed by atoms with Gasteiger partial charge in [0.15, 0.2) is 0 Å². The van der Waals surface area contributed by atoms with Crippen molar-refractivity contribution in [2.24, 2.45) is 5.92 Å². The van der Waals surface area contributed by atoms with Crippen molar-refractivity contribution < 1.29 is 14.7 Å². The van der Waals surface area contributed by atoms with Crippen LogP contribution in [0.25, 0.3) is 0 Å². The molecule has 4 nitrogen and oxygen atoms in total. The SMILES string of the molecule is CC(CS)C(=O)N1CC(Cl)(Cl)C[C@H]1C(=O)O. The normalized spacial score (nSPS) is 25.5. The summed E-state index contributed by atoms with van der Waals surface area (Å²) in [7, 11) is 0. The molecule has 1 saturated heterocycles. The Kier molecular flexibility index (Phi) is 4.37. The maximum atomic E-state index is 11.9. The number of alkyl halides is 2. The smallest absolute Gasteiger partial charge is 0.326 e. The fourth-order valence-electron chi connectivity index (χ4n) is 1.63. The molecular formula is C9H13Cl2NO3S. The lowest BCUT2D eigenvalue weighted by Gasteiger charge is -2.24. The van der Waals surface area contributed by atoms with Crippen LogP contribution >= 0.6 is 35.8 Å². The van der Waals surface area contributed by atoms with Crippen LogP contribution in [0.4, 0.5) is 0 Å². The third-order valence-corrected chi connectivity index (χ3v) is 3.63. The Balaban J connectivity index is 2.85. The third kappa shape index (κ3) is 2.96. The molecule has 2 atom stereocenters. The number of carbonyl (C=O) groups is 2. The minimum Gasteiger partial charge on any atom is -0.480 e. The van der Waals surface area contributed by atoms with E-state index in [0.29, 0.717) is 5.75 Å². The maximum Gasteiger partial charge on any atom is 0.326 e. The van der Waals surface area contributed by atoms with Gasteiger partial charge in [-0.05, 0) is 0 Å². The Morgan fingerprint density at radius 1 is 1.62 bits per heavy atom. The molecular weight excluding hydrogens is 273 g/mol. The molecule has 92 valence electrons. The number of rotatable bonds is 3. The lowest BCUT2D eigenvalue weighted by molar-refractivity contribution is -0.149. The number of nitrogens with zero attached hydrogens (tertiary/aromatic N) is 1. The predicted octanol–water partition coefficient (Wildman–Crippen LogP) is 1.41. The average Bonchev–Trinajstić information content (AvgIpc) is 2.52. The second-order valence-electron chi connectivity index (χ2n) is 3.96. The van der Waals surface area contributed by atoms with Crippen LogP contribution in [0.2, 0.25) is 0 Å². The summed E-state index contributed by atoms with van der Waals surface area (Å²) < 4.78 is -1.17. The maximum absolute atomic E-state index is 11.9. The van der Waals surface area contributed by atoms with Gasteiger partial charge in [0, 0.05) is 18.1 Å². The first-order valence-corrected chi connectivity index (χ1v) is 6.19. The van der Waals surface area contributed by atoms with Crippen LogP contribution in [0, 0.1) is 5.92 Å². The summed E-state index contributed by atoms with van der Waals surface area (Å²) in [5, 5.41) is 8.99. The number of likely N-dealkylation sites (tertiary alicyclic amines) is 1. The van der Waals surface area contributed by atoms with Crippen LogP contribution in [0.3, 0.4) is 0 Å². The number of hydrogen-bond donors (Lipinski definition) is 2. The Morgan fingerprint density at radius 2 is 2.19 bits per heavy atom. The molecule has 1 heterocycles. The van der Waals surface area contributed by atoms with Crippen LogP contribution in [-0.2, 0) is 9.59 Å². The lowest BCUT2D eigenvalue weighted by atomic mass is 10.1. The highest BCUT2D eigenvalue weighted by Crippen LogP contribution is 2.37.